The van der Waals surface area contributed by atoms with Crippen molar-refractivity contribution in [1.29, 1.82) is 0 Å². The second kappa shape index (κ2) is 8.46. The number of hydrogen-bond donors (Lipinski definition) is 1. The average Bonchev–Trinajstić information content (AvgIpc) is 2.62. The van der Waals surface area contributed by atoms with Crippen LogP contribution in [0.2, 0.25) is 0 Å². The van der Waals surface area contributed by atoms with Gasteiger partial charge in [-0.1, -0.05) is 12.1 Å². The van der Waals surface area contributed by atoms with Gasteiger partial charge < -0.3 is 15.0 Å². The van der Waals surface area contributed by atoms with E-state index in [1.165, 1.54) is 13.2 Å². The van der Waals surface area contributed by atoms with Crippen molar-refractivity contribution in [3.63, 3.8) is 0 Å². The smallest absolute Gasteiger partial charge is 0.318 e. The summed E-state index contributed by atoms with van der Waals surface area (Å²) in [6, 6.07) is 7.44. The number of nitrogens with zero attached hydrogens (tertiary/aromatic N) is 2. The fraction of sp³-hybridized carbons (Fsp3) is 0.368. The fourth-order valence-electron chi connectivity index (χ4n) is 2.85. The Hall–Kier alpha value is -2.63. The first kappa shape index (κ1) is 18.7. The molecule has 6 heteroatoms. The van der Waals surface area contributed by atoms with Gasteiger partial charge >= 0.3 is 6.03 Å². The Morgan fingerprint density at radius 2 is 2.08 bits per heavy atom. The monoisotopic (exact) mass is 345 g/mol. The normalized spacial score (nSPS) is 13.0. The van der Waals surface area contributed by atoms with Gasteiger partial charge in [-0.25, -0.2) is 9.18 Å². The van der Waals surface area contributed by atoms with Gasteiger partial charge in [0.15, 0.2) is 0 Å². The number of pyridine rings is 1. The molecule has 0 aliphatic rings. The number of rotatable bonds is 6. The number of halogens is 1. The van der Waals surface area contributed by atoms with Gasteiger partial charge in [0.1, 0.15) is 11.6 Å². The summed E-state index contributed by atoms with van der Waals surface area (Å²) in [7, 11) is 1.48. The Morgan fingerprint density at radius 1 is 1.32 bits per heavy atom. The number of ether oxygens (including phenoxy) is 1. The van der Waals surface area contributed by atoms with E-state index in [1.54, 1.807) is 36.4 Å². The third-order valence-corrected chi connectivity index (χ3v) is 4.24. The second-order valence-corrected chi connectivity index (χ2v) is 5.78. The molecular formula is C19H24FN3O2. The van der Waals surface area contributed by atoms with Crippen LogP contribution in [0.4, 0.5) is 9.18 Å². The number of benzene rings is 1. The van der Waals surface area contributed by atoms with Crippen LogP contribution in [0.5, 0.6) is 5.75 Å². The van der Waals surface area contributed by atoms with Crippen LogP contribution in [0, 0.1) is 5.82 Å². The third kappa shape index (κ3) is 4.26. The van der Waals surface area contributed by atoms with Gasteiger partial charge in [-0.3, -0.25) is 4.98 Å². The topological polar surface area (TPSA) is 54.5 Å². The number of amides is 2. The van der Waals surface area contributed by atoms with E-state index in [2.05, 4.69) is 10.3 Å². The van der Waals surface area contributed by atoms with Crippen molar-refractivity contribution in [3.05, 3.63) is 59.7 Å². The SMILES string of the molecule is CCN(C(=O)NC(C)c1c(F)cccc1OC)C(C)c1cccnc1. The van der Waals surface area contributed by atoms with E-state index < -0.39 is 11.9 Å². The van der Waals surface area contributed by atoms with Crippen LogP contribution < -0.4 is 10.1 Å². The molecule has 1 aromatic carbocycles. The maximum atomic E-state index is 14.2. The summed E-state index contributed by atoms with van der Waals surface area (Å²) >= 11 is 0. The molecule has 0 fully saturated rings. The lowest BCUT2D eigenvalue weighted by molar-refractivity contribution is 0.179. The summed E-state index contributed by atoms with van der Waals surface area (Å²) < 4.78 is 19.4. The predicted molar refractivity (Wildman–Crippen MR) is 94.9 cm³/mol. The molecule has 1 aromatic heterocycles. The maximum absolute atomic E-state index is 14.2. The number of carbonyl (C=O) groups excluding carboxylic acids is 1. The minimum atomic E-state index is -0.529. The van der Waals surface area contributed by atoms with Crippen molar-refractivity contribution in [3.8, 4) is 5.75 Å². The lowest BCUT2D eigenvalue weighted by Crippen LogP contribution is -2.42. The molecule has 0 saturated heterocycles. The Balaban J connectivity index is 2.17. The van der Waals surface area contributed by atoms with Crippen molar-refractivity contribution in [2.24, 2.45) is 0 Å². The van der Waals surface area contributed by atoms with Gasteiger partial charge in [-0.2, -0.15) is 0 Å². The van der Waals surface area contributed by atoms with E-state index in [0.29, 0.717) is 17.9 Å². The molecule has 25 heavy (non-hydrogen) atoms. The molecule has 2 amide bonds. The number of nitrogens with one attached hydrogen (secondary N) is 1. The molecule has 0 aliphatic carbocycles. The van der Waals surface area contributed by atoms with Crippen LogP contribution in [0.1, 0.15) is 44.0 Å². The molecule has 2 rings (SSSR count). The molecule has 134 valence electrons. The third-order valence-electron chi connectivity index (χ3n) is 4.24. The van der Waals surface area contributed by atoms with E-state index in [0.717, 1.165) is 5.56 Å². The Labute approximate surface area is 147 Å². The highest BCUT2D eigenvalue weighted by Crippen LogP contribution is 2.28. The minimum Gasteiger partial charge on any atom is -0.496 e. The molecule has 2 atom stereocenters. The van der Waals surface area contributed by atoms with Gasteiger partial charge in [0.05, 0.1) is 24.8 Å². The highest BCUT2D eigenvalue weighted by atomic mass is 19.1. The number of carbonyl (C=O) groups is 1. The molecule has 0 bridgehead atoms. The summed E-state index contributed by atoms with van der Waals surface area (Å²) in [6.07, 6.45) is 3.43. The van der Waals surface area contributed by atoms with Crippen molar-refractivity contribution in [2.45, 2.75) is 32.9 Å². The minimum absolute atomic E-state index is 0.145. The molecule has 2 aromatic rings. The maximum Gasteiger partial charge on any atom is 0.318 e. The summed E-state index contributed by atoms with van der Waals surface area (Å²) in [6.45, 7) is 6.10. The van der Waals surface area contributed by atoms with Gasteiger partial charge in [0.25, 0.3) is 0 Å². The van der Waals surface area contributed by atoms with Crippen molar-refractivity contribution in [1.82, 2.24) is 15.2 Å². The molecule has 0 saturated carbocycles. The van der Waals surface area contributed by atoms with Gasteiger partial charge in [0, 0.05) is 18.9 Å². The lowest BCUT2D eigenvalue weighted by atomic mass is 10.1. The molecular weight excluding hydrogens is 321 g/mol. The van der Waals surface area contributed by atoms with Crippen molar-refractivity contribution in [2.75, 3.05) is 13.7 Å². The quantitative estimate of drug-likeness (QED) is 0.858. The van der Waals surface area contributed by atoms with Crippen molar-refractivity contribution >= 4 is 6.03 Å². The Kier molecular flexibility index (Phi) is 6.33. The Bertz CT molecular complexity index is 709. The van der Waals surface area contributed by atoms with Gasteiger partial charge in [-0.05, 0) is 44.5 Å². The summed E-state index contributed by atoms with van der Waals surface area (Å²) in [5.41, 5.74) is 1.28. The number of hydrogen-bond acceptors (Lipinski definition) is 3. The molecule has 2 unspecified atom stereocenters. The Morgan fingerprint density at radius 3 is 2.68 bits per heavy atom. The van der Waals surface area contributed by atoms with Crippen LogP contribution in [0.15, 0.2) is 42.7 Å². The first-order valence-electron chi connectivity index (χ1n) is 8.29. The summed E-state index contributed by atoms with van der Waals surface area (Å²) in [4.78, 5) is 18.5. The zero-order valence-corrected chi connectivity index (χ0v) is 15.0. The highest BCUT2D eigenvalue weighted by molar-refractivity contribution is 5.75. The molecule has 1 N–H and O–H groups in total. The second-order valence-electron chi connectivity index (χ2n) is 5.78. The number of aromatic nitrogens is 1. The van der Waals surface area contributed by atoms with Crippen LogP contribution in [-0.2, 0) is 0 Å². The predicted octanol–water partition coefficient (Wildman–Crippen LogP) is 4.08. The fourth-order valence-corrected chi connectivity index (χ4v) is 2.85. The summed E-state index contributed by atoms with van der Waals surface area (Å²) in [5.74, 6) is 0.00617. The molecule has 1 heterocycles. The van der Waals surface area contributed by atoms with Crippen LogP contribution in [0.3, 0.4) is 0 Å². The standard InChI is InChI=1S/C19H24FN3O2/c1-5-23(14(3)15-8-7-11-21-12-15)19(24)22-13(2)18-16(20)9-6-10-17(18)25-4/h6-14H,5H2,1-4H3,(H,22,24). The largest absolute Gasteiger partial charge is 0.496 e. The first-order chi connectivity index (χ1) is 12.0. The molecule has 5 nitrogen and oxygen atoms in total. The van der Waals surface area contributed by atoms with Crippen molar-refractivity contribution < 1.29 is 13.9 Å². The van der Waals surface area contributed by atoms with E-state index in [1.807, 2.05) is 26.0 Å². The van der Waals surface area contributed by atoms with Gasteiger partial charge in [0.2, 0.25) is 0 Å². The van der Waals surface area contributed by atoms with E-state index in [-0.39, 0.29) is 12.1 Å². The van der Waals surface area contributed by atoms with Crippen LogP contribution in [0.25, 0.3) is 0 Å². The van der Waals surface area contributed by atoms with E-state index in [4.69, 9.17) is 4.74 Å². The summed E-state index contributed by atoms with van der Waals surface area (Å²) in [5, 5.41) is 2.86. The number of methoxy groups -OCH3 is 1. The zero-order chi connectivity index (χ0) is 18.4. The van der Waals surface area contributed by atoms with Crippen LogP contribution in [-0.4, -0.2) is 29.6 Å². The molecule has 0 spiro atoms. The van der Waals surface area contributed by atoms with E-state index in [9.17, 15) is 9.18 Å². The van der Waals surface area contributed by atoms with Gasteiger partial charge in [-0.15, -0.1) is 0 Å². The molecule has 0 radical (unpaired) electrons. The van der Waals surface area contributed by atoms with E-state index >= 15 is 0 Å². The number of urea groups is 1. The first-order valence-corrected chi connectivity index (χ1v) is 8.29. The lowest BCUT2D eigenvalue weighted by Gasteiger charge is -2.30. The zero-order valence-electron chi connectivity index (χ0n) is 15.0. The highest BCUT2D eigenvalue weighted by Gasteiger charge is 2.24. The van der Waals surface area contributed by atoms with Crippen LogP contribution >= 0.6 is 0 Å². The average molecular weight is 345 g/mol. The molecule has 0 aliphatic heterocycles.